The zero-order valence-electron chi connectivity index (χ0n) is 15.0. The largest absolute Gasteiger partial charge is 0.481 e. The van der Waals surface area contributed by atoms with Crippen molar-refractivity contribution in [2.45, 2.75) is 26.6 Å². The van der Waals surface area contributed by atoms with E-state index in [1.807, 2.05) is 6.92 Å². The number of amides is 2. The summed E-state index contributed by atoms with van der Waals surface area (Å²) in [6.45, 7) is 3.48. The molecule has 138 valence electrons. The van der Waals surface area contributed by atoms with Gasteiger partial charge in [0.15, 0.2) is 5.76 Å². The quantitative estimate of drug-likeness (QED) is 0.809. The third kappa shape index (κ3) is 3.41. The van der Waals surface area contributed by atoms with Crippen molar-refractivity contribution in [3.8, 4) is 5.88 Å². The average molecular weight is 359 g/mol. The summed E-state index contributed by atoms with van der Waals surface area (Å²) in [7, 11) is 3.06. The predicted molar refractivity (Wildman–Crippen MR) is 91.8 cm³/mol. The van der Waals surface area contributed by atoms with Crippen molar-refractivity contribution < 1.29 is 23.5 Å². The van der Waals surface area contributed by atoms with Crippen molar-refractivity contribution in [3.63, 3.8) is 0 Å². The van der Waals surface area contributed by atoms with E-state index < -0.39 is 0 Å². The first-order valence-corrected chi connectivity index (χ1v) is 8.29. The van der Waals surface area contributed by atoms with Gasteiger partial charge in [0.1, 0.15) is 12.4 Å². The summed E-state index contributed by atoms with van der Waals surface area (Å²) >= 11 is 0. The first kappa shape index (κ1) is 17.9. The molecule has 0 radical (unpaired) electrons. The van der Waals surface area contributed by atoms with Crippen LogP contribution in [-0.2, 0) is 24.4 Å². The van der Waals surface area contributed by atoms with E-state index in [2.05, 4.69) is 10.3 Å². The highest BCUT2D eigenvalue weighted by atomic mass is 16.5. The maximum Gasteiger partial charge on any atom is 0.287 e. The van der Waals surface area contributed by atoms with Gasteiger partial charge >= 0.3 is 0 Å². The second-order valence-electron chi connectivity index (χ2n) is 5.85. The Hall–Kier alpha value is -2.87. The summed E-state index contributed by atoms with van der Waals surface area (Å²) in [5, 5.41) is 2.76. The van der Waals surface area contributed by atoms with Crippen molar-refractivity contribution in [1.82, 2.24) is 15.2 Å². The molecule has 8 nitrogen and oxygen atoms in total. The van der Waals surface area contributed by atoms with Gasteiger partial charge in [-0.2, -0.15) is 0 Å². The van der Waals surface area contributed by atoms with Gasteiger partial charge in [-0.3, -0.25) is 9.59 Å². The Morgan fingerprint density at radius 2 is 2.19 bits per heavy atom. The maximum atomic E-state index is 12.3. The fraction of sp³-hybridized carbons (Fsp3) is 0.389. The number of aromatic nitrogens is 1. The topological polar surface area (TPSA) is 93.9 Å². The lowest BCUT2D eigenvalue weighted by Crippen LogP contribution is -2.23. The maximum absolute atomic E-state index is 12.3. The molecule has 0 bridgehead atoms. The number of fused-ring (bicyclic) bond motifs is 1. The van der Waals surface area contributed by atoms with E-state index in [1.165, 1.54) is 7.11 Å². The first-order valence-electron chi connectivity index (χ1n) is 8.29. The predicted octanol–water partition coefficient (Wildman–Crippen LogP) is 1.74. The van der Waals surface area contributed by atoms with Crippen LogP contribution in [0.2, 0.25) is 0 Å². The van der Waals surface area contributed by atoms with Crippen LogP contribution in [-0.4, -0.2) is 42.5 Å². The van der Waals surface area contributed by atoms with E-state index in [0.29, 0.717) is 48.2 Å². The number of pyridine rings is 1. The minimum Gasteiger partial charge on any atom is -0.481 e. The Morgan fingerprint density at radius 1 is 1.38 bits per heavy atom. The van der Waals surface area contributed by atoms with Crippen LogP contribution in [0.5, 0.6) is 5.88 Å². The fourth-order valence-electron chi connectivity index (χ4n) is 2.84. The third-order valence-electron chi connectivity index (χ3n) is 4.19. The van der Waals surface area contributed by atoms with Crippen LogP contribution in [0.25, 0.3) is 0 Å². The molecule has 0 unspecified atom stereocenters. The van der Waals surface area contributed by atoms with Crippen LogP contribution in [0.1, 0.15) is 44.9 Å². The molecule has 0 atom stereocenters. The van der Waals surface area contributed by atoms with Gasteiger partial charge in [0.2, 0.25) is 5.88 Å². The number of methoxy groups -OCH3 is 2. The van der Waals surface area contributed by atoms with Crippen LogP contribution in [0.15, 0.2) is 22.6 Å². The number of ether oxygens (including phenoxy) is 2. The molecule has 3 rings (SSSR count). The van der Waals surface area contributed by atoms with E-state index >= 15 is 0 Å². The standard InChI is InChI=1S/C18H21N3O5/c1-4-21-9-14-13(18(21)23)7-11(17(20-14)25-3)8-19-16(22)15-6-5-12(26-15)10-24-2/h5-7H,4,8-10H2,1-3H3,(H,19,22). The molecule has 1 aliphatic heterocycles. The second kappa shape index (κ2) is 7.57. The number of hydrogen-bond acceptors (Lipinski definition) is 6. The lowest BCUT2D eigenvalue weighted by atomic mass is 10.1. The zero-order valence-corrected chi connectivity index (χ0v) is 15.0. The summed E-state index contributed by atoms with van der Waals surface area (Å²) in [5.74, 6) is 0.740. The van der Waals surface area contributed by atoms with Crippen molar-refractivity contribution in [2.24, 2.45) is 0 Å². The Labute approximate surface area is 151 Å². The Kier molecular flexibility index (Phi) is 5.22. The molecule has 8 heteroatoms. The summed E-state index contributed by atoms with van der Waals surface area (Å²) < 4.78 is 15.7. The normalized spacial score (nSPS) is 13.0. The molecular formula is C18H21N3O5. The molecule has 2 aromatic heterocycles. The molecule has 1 N–H and O–H groups in total. The van der Waals surface area contributed by atoms with Gasteiger partial charge in [-0.1, -0.05) is 0 Å². The highest BCUT2D eigenvalue weighted by molar-refractivity contribution is 5.98. The van der Waals surface area contributed by atoms with Crippen LogP contribution in [0.4, 0.5) is 0 Å². The Bertz CT molecular complexity index is 830. The van der Waals surface area contributed by atoms with Gasteiger partial charge < -0.3 is 24.1 Å². The second-order valence-corrected chi connectivity index (χ2v) is 5.85. The minimum absolute atomic E-state index is 0.0551. The SMILES string of the molecule is CCN1Cc2nc(OC)c(CNC(=O)c3ccc(COC)o3)cc2C1=O. The van der Waals surface area contributed by atoms with Crippen LogP contribution >= 0.6 is 0 Å². The smallest absolute Gasteiger partial charge is 0.287 e. The van der Waals surface area contributed by atoms with Gasteiger partial charge in [-0.05, 0) is 25.1 Å². The number of nitrogens with zero attached hydrogens (tertiary/aromatic N) is 2. The number of carbonyl (C=O) groups is 2. The van der Waals surface area contributed by atoms with E-state index in [9.17, 15) is 9.59 Å². The first-order chi connectivity index (χ1) is 12.6. The number of hydrogen-bond donors (Lipinski definition) is 1. The zero-order chi connectivity index (χ0) is 18.7. The van der Waals surface area contributed by atoms with Crippen molar-refractivity contribution in [3.05, 3.63) is 46.5 Å². The molecule has 0 aromatic carbocycles. The molecule has 0 aliphatic carbocycles. The molecule has 1 aliphatic rings. The molecule has 2 amide bonds. The molecule has 0 fully saturated rings. The molecular weight excluding hydrogens is 338 g/mol. The van der Waals surface area contributed by atoms with Gasteiger partial charge in [0.05, 0.1) is 24.9 Å². The molecule has 26 heavy (non-hydrogen) atoms. The number of furan rings is 1. The highest BCUT2D eigenvalue weighted by Crippen LogP contribution is 2.27. The van der Waals surface area contributed by atoms with Gasteiger partial charge in [0, 0.05) is 25.8 Å². The molecule has 0 saturated carbocycles. The number of nitrogens with one attached hydrogen (secondary N) is 1. The molecule has 0 saturated heterocycles. The minimum atomic E-state index is -0.364. The summed E-state index contributed by atoms with van der Waals surface area (Å²) in [6.07, 6.45) is 0. The molecule has 2 aromatic rings. The van der Waals surface area contributed by atoms with Crippen molar-refractivity contribution in [2.75, 3.05) is 20.8 Å². The van der Waals surface area contributed by atoms with Crippen molar-refractivity contribution >= 4 is 11.8 Å². The summed E-state index contributed by atoms with van der Waals surface area (Å²) in [5.41, 5.74) is 1.88. The lowest BCUT2D eigenvalue weighted by molar-refractivity contribution is 0.0786. The Morgan fingerprint density at radius 3 is 2.88 bits per heavy atom. The molecule has 0 spiro atoms. The number of carbonyl (C=O) groups excluding carboxylic acids is 2. The van der Waals surface area contributed by atoms with Gasteiger partial charge in [0.25, 0.3) is 11.8 Å². The van der Waals surface area contributed by atoms with E-state index in [4.69, 9.17) is 13.9 Å². The van der Waals surface area contributed by atoms with E-state index in [1.54, 1.807) is 30.2 Å². The third-order valence-corrected chi connectivity index (χ3v) is 4.19. The number of rotatable bonds is 7. The molecule has 3 heterocycles. The van der Waals surface area contributed by atoms with Crippen LogP contribution < -0.4 is 10.1 Å². The average Bonchev–Trinajstić information content (AvgIpc) is 3.24. The van der Waals surface area contributed by atoms with Gasteiger partial charge in [-0.25, -0.2) is 4.98 Å². The van der Waals surface area contributed by atoms with Crippen LogP contribution in [0.3, 0.4) is 0 Å². The Balaban J connectivity index is 1.74. The van der Waals surface area contributed by atoms with Crippen LogP contribution in [0, 0.1) is 0 Å². The van der Waals surface area contributed by atoms with Gasteiger partial charge in [-0.15, -0.1) is 0 Å². The summed E-state index contributed by atoms with van der Waals surface area (Å²) in [6, 6.07) is 5.01. The van der Waals surface area contributed by atoms with Crippen molar-refractivity contribution in [1.29, 1.82) is 0 Å². The lowest BCUT2D eigenvalue weighted by Gasteiger charge is -2.10. The fourth-order valence-corrected chi connectivity index (χ4v) is 2.84. The van der Waals surface area contributed by atoms with E-state index in [-0.39, 0.29) is 24.1 Å². The monoisotopic (exact) mass is 359 g/mol. The van der Waals surface area contributed by atoms with E-state index in [0.717, 1.165) is 0 Å². The highest BCUT2D eigenvalue weighted by Gasteiger charge is 2.29. The summed E-state index contributed by atoms with van der Waals surface area (Å²) in [4.78, 5) is 30.7.